The van der Waals surface area contributed by atoms with Gasteiger partial charge in [0.1, 0.15) is 0 Å². The summed E-state index contributed by atoms with van der Waals surface area (Å²) in [6.07, 6.45) is 2.26. The number of hydrogen-bond donors (Lipinski definition) is 0. The zero-order chi connectivity index (χ0) is 13.6. The van der Waals surface area contributed by atoms with Crippen LogP contribution in [0, 0.1) is 5.92 Å². The van der Waals surface area contributed by atoms with E-state index in [-0.39, 0.29) is 6.04 Å². The van der Waals surface area contributed by atoms with E-state index in [1.54, 1.807) is 24.7 Å². The van der Waals surface area contributed by atoms with E-state index in [4.69, 9.17) is 0 Å². The quantitative estimate of drug-likeness (QED) is 0.871. The highest BCUT2D eigenvalue weighted by Crippen LogP contribution is 2.36. The van der Waals surface area contributed by atoms with Gasteiger partial charge in [-0.05, 0) is 43.9 Å². The zero-order valence-corrected chi connectivity index (χ0v) is 12.5. The summed E-state index contributed by atoms with van der Waals surface area (Å²) in [6.45, 7) is 1.98. The Morgan fingerprint density at radius 3 is 2.84 bits per heavy atom. The molecule has 1 saturated carbocycles. The summed E-state index contributed by atoms with van der Waals surface area (Å²) in [6, 6.07) is 5.23. The van der Waals surface area contributed by atoms with Crippen LogP contribution in [0.1, 0.15) is 19.8 Å². The molecule has 0 aliphatic heterocycles. The molecular formula is C13H16N2O2S2. The molecule has 0 radical (unpaired) electrons. The first kappa shape index (κ1) is 13.0. The van der Waals surface area contributed by atoms with Crippen molar-refractivity contribution in [1.82, 2.24) is 9.29 Å². The van der Waals surface area contributed by atoms with Crippen molar-refractivity contribution in [3.63, 3.8) is 0 Å². The Bertz CT molecular complexity index is 704. The fourth-order valence-electron chi connectivity index (χ4n) is 2.26. The molecule has 19 heavy (non-hydrogen) atoms. The molecule has 1 aliphatic carbocycles. The number of benzene rings is 1. The van der Waals surface area contributed by atoms with Gasteiger partial charge in [-0.3, -0.25) is 0 Å². The third-order valence-electron chi connectivity index (χ3n) is 3.86. The van der Waals surface area contributed by atoms with Crippen LogP contribution in [0.5, 0.6) is 0 Å². The molecule has 0 N–H and O–H groups in total. The highest BCUT2D eigenvalue weighted by Gasteiger charge is 2.36. The highest BCUT2D eigenvalue weighted by atomic mass is 32.2. The van der Waals surface area contributed by atoms with Crippen LogP contribution in [0.3, 0.4) is 0 Å². The molecule has 1 unspecified atom stereocenters. The topological polar surface area (TPSA) is 50.3 Å². The number of hydrogen-bond acceptors (Lipinski definition) is 4. The van der Waals surface area contributed by atoms with Gasteiger partial charge in [0.05, 0.1) is 20.6 Å². The number of fused-ring (bicyclic) bond motifs is 1. The van der Waals surface area contributed by atoms with Crippen LogP contribution in [0.15, 0.2) is 28.6 Å². The molecule has 0 spiro atoms. The van der Waals surface area contributed by atoms with E-state index in [0.29, 0.717) is 10.8 Å². The van der Waals surface area contributed by atoms with Crippen LogP contribution in [-0.4, -0.2) is 30.8 Å². The predicted octanol–water partition coefficient (Wildman–Crippen LogP) is 2.72. The van der Waals surface area contributed by atoms with Crippen molar-refractivity contribution >= 4 is 31.6 Å². The minimum Gasteiger partial charge on any atom is -0.245 e. The largest absolute Gasteiger partial charge is 0.245 e. The lowest BCUT2D eigenvalue weighted by molar-refractivity contribution is 0.357. The predicted molar refractivity (Wildman–Crippen MR) is 76.8 cm³/mol. The second-order valence-corrected chi connectivity index (χ2v) is 7.97. The number of rotatable bonds is 4. The van der Waals surface area contributed by atoms with Crippen LogP contribution in [0.2, 0.25) is 0 Å². The lowest BCUT2D eigenvalue weighted by Crippen LogP contribution is -2.36. The van der Waals surface area contributed by atoms with Gasteiger partial charge in [0.25, 0.3) is 0 Å². The number of thiazole rings is 1. The van der Waals surface area contributed by atoms with Crippen LogP contribution in [-0.2, 0) is 10.0 Å². The van der Waals surface area contributed by atoms with Crippen molar-refractivity contribution in [2.24, 2.45) is 5.92 Å². The first-order chi connectivity index (χ1) is 9.00. The lowest BCUT2D eigenvalue weighted by atomic mass is 10.2. The fourth-order valence-corrected chi connectivity index (χ4v) is 4.36. The van der Waals surface area contributed by atoms with Gasteiger partial charge in [0, 0.05) is 13.1 Å². The average molecular weight is 296 g/mol. The molecule has 6 heteroatoms. The molecule has 1 aromatic carbocycles. The third-order valence-corrected chi connectivity index (χ3v) is 6.61. The molecule has 1 aliphatic rings. The van der Waals surface area contributed by atoms with E-state index in [1.807, 2.05) is 13.0 Å². The summed E-state index contributed by atoms with van der Waals surface area (Å²) in [5.74, 6) is 0.516. The van der Waals surface area contributed by atoms with E-state index in [0.717, 1.165) is 23.1 Å². The Hall–Kier alpha value is -0.980. The molecule has 0 amide bonds. The second kappa shape index (κ2) is 4.54. The molecule has 1 heterocycles. The normalized spacial score (nSPS) is 18.1. The van der Waals surface area contributed by atoms with Crippen LogP contribution >= 0.6 is 11.3 Å². The molecule has 2 aromatic rings. The van der Waals surface area contributed by atoms with Crippen LogP contribution < -0.4 is 0 Å². The Labute approximate surface area is 117 Å². The smallest absolute Gasteiger partial charge is 0.243 e. The van der Waals surface area contributed by atoms with Gasteiger partial charge in [-0.1, -0.05) is 0 Å². The standard InChI is InChI=1S/C13H16N2O2S2/c1-9(10-3-4-10)15(2)19(16,17)11-5-6-13-12(7-11)14-8-18-13/h5-10H,3-4H2,1-2H3. The second-order valence-electron chi connectivity index (χ2n) is 5.08. The average Bonchev–Trinajstić information content (AvgIpc) is 3.14. The minimum atomic E-state index is -3.41. The molecule has 1 fully saturated rings. The van der Waals surface area contributed by atoms with Crippen LogP contribution in [0.25, 0.3) is 10.2 Å². The monoisotopic (exact) mass is 296 g/mol. The Morgan fingerprint density at radius 1 is 1.42 bits per heavy atom. The Balaban J connectivity index is 1.98. The van der Waals surface area contributed by atoms with Crippen molar-refractivity contribution in [2.75, 3.05) is 7.05 Å². The highest BCUT2D eigenvalue weighted by molar-refractivity contribution is 7.89. The van der Waals surface area contributed by atoms with Gasteiger partial charge in [-0.15, -0.1) is 11.3 Å². The number of sulfonamides is 1. The first-order valence-corrected chi connectivity index (χ1v) is 8.63. The van der Waals surface area contributed by atoms with Crippen molar-refractivity contribution in [1.29, 1.82) is 0 Å². The van der Waals surface area contributed by atoms with E-state index >= 15 is 0 Å². The Kier molecular flexibility index (Phi) is 3.11. The summed E-state index contributed by atoms with van der Waals surface area (Å²) in [5, 5.41) is 0. The molecule has 1 atom stereocenters. The molecule has 4 nitrogen and oxygen atoms in total. The van der Waals surface area contributed by atoms with E-state index in [9.17, 15) is 8.42 Å². The van der Waals surface area contributed by atoms with Gasteiger partial charge >= 0.3 is 0 Å². The van der Waals surface area contributed by atoms with Gasteiger partial charge in [0.2, 0.25) is 10.0 Å². The number of nitrogens with zero attached hydrogens (tertiary/aromatic N) is 2. The summed E-state index contributed by atoms with van der Waals surface area (Å²) in [7, 11) is -1.74. The third kappa shape index (κ3) is 2.28. The van der Waals surface area contributed by atoms with E-state index < -0.39 is 10.0 Å². The van der Waals surface area contributed by atoms with E-state index in [2.05, 4.69) is 4.98 Å². The maximum absolute atomic E-state index is 12.6. The molecule has 0 bridgehead atoms. The minimum absolute atomic E-state index is 0.0659. The van der Waals surface area contributed by atoms with Crippen molar-refractivity contribution in [3.8, 4) is 0 Å². The van der Waals surface area contributed by atoms with E-state index in [1.165, 1.54) is 15.6 Å². The van der Waals surface area contributed by atoms with Gasteiger partial charge in [-0.25, -0.2) is 13.4 Å². The first-order valence-electron chi connectivity index (χ1n) is 6.31. The maximum atomic E-state index is 12.6. The van der Waals surface area contributed by atoms with Gasteiger partial charge < -0.3 is 0 Å². The Morgan fingerprint density at radius 2 is 2.16 bits per heavy atom. The molecule has 1 aromatic heterocycles. The number of aromatic nitrogens is 1. The van der Waals surface area contributed by atoms with Crippen molar-refractivity contribution in [2.45, 2.75) is 30.7 Å². The summed E-state index contributed by atoms with van der Waals surface area (Å²) in [4.78, 5) is 4.51. The summed E-state index contributed by atoms with van der Waals surface area (Å²) >= 11 is 1.52. The van der Waals surface area contributed by atoms with Crippen molar-refractivity contribution in [3.05, 3.63) is 23.7 Å². The molecule has 102 valence electrons. The van der Waals surface area contributed by atoms with Crippen LogP contribution in [0.4, 0.5) is 0 Å². The summed E-state index contributed by atoms with van der Waals surface area (Å²) < 4.78 is 27.7. The summed E-state index contributed by atoms with van der Waals surface area (Å²) in [5.41, 5.74) is 2.48. The molecule has 3 rings (SSSR count). The maximum Gasteiger partial charge on any atom is 0.243 e. The van der Waals surface area contributed by atoms with Gasteiger partial charge in [0.15, 0.2) is 0 Å². The molecular weight excluding hydrogens is 280 g/mol. The fraction of sp³-hybridized carbons (Fsp3) is 0.462. The van der Waals surface area contributed by atoms with Crippen molar-refractivity contribution < 1.29 is 8.42 Å². The SMILES string of the molecule is CC(C1CC1)N(C)S(=O)(=O)c1ccc2scnc2c1. The molecule has 0 saturated heterocycles. The lowest BCUT2D eigenvalue weighted by Gasteiger charge is -2.24. The van der Waals surface area contributed by atoms with Gasteiger partial charge in [-0.2, -0.15) is 4.31 Å². The zero-order valence-electron chi connectivity index (χ0n) is 10.9.